The largest absolute Gasteiger partial charge is 0.467 e. The Hall–Kier alpha value is -2.08. The Morgan fingerprint density at radius 1 is 1.29 bits per heavy atom. The van der Waals surface area contributed by atoms with Crippen molar-refractivity contribution in [3.05, 3.63) is 35.8 Å². The van der Waals surface area contributed by atoms with E-state index in [4.69, 9.17) is 20.4 Å². The van der Waals surface area contributed by atoms with E-state index in [1.807, 2.05) is 12.1 Å². The Bertz CT molecular complexity index is 635. The fourth-order valence-electron chi connectivity index (χ4n) is 1.44. The standard InChI is InChI=1S/C10H7ClN4O2/c11-10-14-8(7-9(15-10)13-5-17-7)12-4-6-2-1-3-16-6/h1-3,5H,4H2,(H,12,14,15). The highest BCUT2D eigenvalue weighted by molar-refractivity contribution is 6.28. The molecule has 3 aromatic heterocycles. The van der Waals surface area contributed by atoms with E-state index in [-0.39, 0.29) is 5.28 Å². The van der Waals surface area contributed by atoms with Crippen molar-refractivity contribution in [2.45, 2.75) is 6.54 Å². The molecule has 0 bridgehead atoms. The predicted molar refractivity (Wildman–Crippen MR) is 60.6 cm³/mol. The average molecular weight is 251 g/mol. The van der Waals surface area contributed by atoms with Crippen LogP contribution in [-0.2, 0) is 6.54 Å². The molecule has 0 unspecified atom stereocenters. The van der Waals surface area contributed by atoms with Gasteiger partial charge in [-0.15, -0.1) is 0 Å². The number of oxazole rings is 1. The third-order valence-electron chi connectivity index (χ3n) is 2.18. The number of furan rings is 1. The number of hydrogen-bond acceptors (Lipinski definition) is 6. The lowest BCUT2D eigenvalue weighted by Crippen LogP contribution is -2.01. The summed E-state index contributed by atoms with van der Waals surface area (Å²) < 4.78 is 10.4. The summed E-state index contributed by atoms with van der Waals surface area (Å²) in [7, 11) is 0. The summed E-state index contributed by atoms with van der Waals surface area (Å²) in [4.78, 5) is 11.9. The molecule has 86 valence electrons. The van der Waals surface area contributed by atoms with E-state index < -0.39 is 0 Å². The van der Waals surface area contributed by atoms with Crippen LogP contribution in [0.4, 0.5) is 5.82 Å². The van der Waals surface area contributed by atoms with Gasteiger partial charge in [0.1, 0.15) is 5.76 Å². The molecular weight excluding hydrogens is 244 g/mol. The molecule has 0 saturated carbocycles. The SMILES string of the molecule is Clc1nc(NCc2ccco2)c2ocnc2n1. The second-order valence-corrected chi connectivity index (χ2v) is 3.62. The molecule has 1 N–H and O–H groups in total. The third kappa shape index (κ3) is 1.94. The van der Waals surface area contributed by atoms with Gasteiger partial charge in [-0.3, -0.25) is 0 Å². The fourth-order valence-corrected chi connectivity index (χ4v) is 1.61. The van der Waals surface area contributed by atoms with E-state index in [0.29, 0.717) is 23.6 Å². The molecule has 17 heavy (non-hydrogen) atoms. The molecule has 0 amide bonds. The molecule has 7 heteroatoms. The Balaban J connectivity index is 1.91. The van der Waals surface area contributed by atoms with E-state index in [9.17, 15) is 0 Å². The monoisotopic (exact) mass is 250 g/mol. The number of rotatable bonds is 3. The minimum Gasteiger partial charge on any atom is -0.467 e. The number of fused-ring (bicyclic) bond motifs is 1. The van der Waals surface area contributed by atoms with E-state index in [0.717, 1.165) is 5.76 Å². The van der Waals surface area contributed by atoms with Crippen LogP contribution in [0.1, 0.15) is 5.76 Å². The summed E-state index contributed by atoms with van der Waals surface area (Å²) in [5.74, 6) is 1.28. The first-order valence-corrected chi connectivity index (χ1v) is 5.24. The Labute approximate surface area is 101 Å². The minimum atomic E-state index is 0.119. The molecule has 3 heterocycles. The Morgan fingerprint density at radius 2 is 2.24 bits per heavy atom. The maximum absolute atomic E-state index is 5.77. The first-order chi connectivity index (χ1) is 8.33. The lowest BCUT2D eigenvalue weighted by Gasteiger charge is -2.03. The van der Waals surface area contributed by atoms with Gasteiger partial charge in [-0.05, 0) is 23.7 Å². The van der Waals surface area contributed by atoms with Gasteiger partial charge in [0.25, 0.3) is 0 Å². The van der Waals surface area contributed by atoms with Gasteiger partial charge in [-0.2, -0.15) is 15.0 Å². The molecule has 0 aliphatic heterocycles. The molecule has 0 saturated heterocycles. The quantitative estimate of drug-likeness (QED) is 0.720. The summed E-state index contributed by atoms with van der Waals surface area (Å²) in [6.45, 7) is 0.482. The highest BCUT2D eigenvalue weighted by Crippen LogP contribution is 2.21. The van der Waals surface area contributed by atoms with Crippen LogP contribution >= 0.6 is 11.6 Å². The molecule has 0 radical (unpaired) electrons. The van der Waals surface area contributed by atoms with Crippen molar-refractivity contribution >= 4 is 28.6 Å². The topological polar surface area (TPSA) is 77.0 Å². The predicted octanol–water partition coefficient (Wildman–Crippen LogP) is 2.48. The zero-order valence-corrected chi connectivity index (χ0v) is 9.31. The van der Waals surface area contributed by atoms with Crippen molar-refractivity contribution < 1.29 is 8.83 Å². The van der Waals surface area contributed by atoms with Crippen molar-refractivity contribution in [3.63, 3.8) is 0 Å². The average Bonchev–Trinajstić information content (AvgIpc) is 2.95. The zero-order chi connectivity index (χ0) is 11.7. The summed E-state index contributed by atoms with van der Waals surface area (Å²) in [5, 5.41) is 3.17. The molecule has 0 spiro atoms. The van der Waals surface area contributed by atoms with Crippen LogP contribution in [0.15, 0.2) is 33.6 Å². The van der Waals surface area contributed by atoms with Crippen molar-refractivity contribution in [1.29, 1.82) is 0 Å². The van der Waals surface area contributed by atoms with Crippen molar-refractivity contribution in [3.8, 4) is 0 Å². The van der Waals surface area contributed by atoms with Crippen LogP contribution in [0.3, 0.4) is 0 Å². The van der Waals surface area contributed by atoms with Gasteiger partial charge in [0.05, 0.1) is 12.8 Å². The number of aromatic nitrogens is 3. The fraction of sp³-hybridized carbons (Fsp3) is 0.100. The zero-order valence-electron chi connectivity index (χ0n) is 8.55. The molecule has 3 aromatic rings. The summed E-state index contributed by atoms with van der Waals surface area (Å²) >= 11 is 5.77. The van der Waals surface area contributed by atoms with Gasteiger partial charge in [-0.1, -0.05) is 0 Å². The van der Waals surface area contributed by atoms with Crippen LogP contribution in [0, 0.1) is 0 Å². The highest BCUT2D eigenvalue weighted by atomic mass is 35.5. The first kappa shape index (κ1) is 10.1. The van der Waals surface area contributed by atoms with Gasteiger partial charge < -0.3 is 14.2 Å². The van der Waals surface area contributed by atoms with E-state index in [1.54, 1.807) is 6.26 Å². The van der Waals surface area contributed by atoms with E-state index in [2.05, 4.69) is 20.3 Å². The minimum absolute atomic E-state index is 0.119. The van der Waals surface area contributed by atoms with Crippen LogP contribution in [-0.4, -0.2) is 15.0 Å². The molecule has 0 aliphatic carbocycles. The van der Waals surface area contributed by atoms with Crippen molar-refractivity contribution in [2.75, 3.05) is 5.32 Å². The molecule has 0 aliphatic rings. The Morgan fingerprint density at radius 3 is 3.06 bits per heavy atom. The maximum Gasteiger partial charge on any atom is 0.226 e. The highest BCUT2D eigenvalue weighted by Gasteiger charge is 2.10. The van der Waals surface area contributed by atoms with Gasteiger partial charge >= 0.3 is 0 Å². The van der Waals surface area contributed by atoms with Crippen LogP contribution in [0.25, 0.3) is 11.2 Å². The number of anilines is 1. The van der Waals surface area contributed by atoms with Crippen LogP contribution in [0.5, 0.6) is 0 Å². The van der Waals surface area contributed by atoms with Crippen molar-refractivity contribution in [2.24, 2.45) is 0 Å². The summed E-state index contributed by atoms with van der Waals surface area (Å²) in [6, 6.07) is 3.67. The lowest BCUT2D eigenvalue weighted by molar-refractivity contribution is 0.517. The smallest absolute Gasteiger partial charge is 0.226 e. The second kappa shape index (κ2) is 4.06. The number of halogens is 1. The molecular formula is C10H7ClN4O2. The van der Waals surface area contributed by atoms with Gasteiger partial charge in [0, 0.05) is 0 Å². The summed E-state index contributed by atoms with van der Waals surface area (Å²) in [6.07, 6.45) is 2.90. The van der Waals surface area contributed by atoms with Crippen molar-refractivity contribution in [1.82, 2.24) is 15.0 Å². The first-order valence-electron chi connectivity index (χ1n) is 4.86. The molecule has 6 nitrogen and oxygen atoms in total. The number of nitrogens with zero attached hydrogens (tertiary/aromatic N) is 3. The summed E-state index contributed by atoms with van der Waals surface area (Å²) in [5.41, 5.74) is 0.896. The van der Waals surface area contributed by atoms with Crippen LogP contribution in [0.2, 0.25) is 5.28 Å². The Kier molecular flexibility index (Phi) is 2.41. The van der Waals surface area contributed by atoms with Gasteiger partial charge in [-0.25, -0.2) is 0 Å². The van der Waals surface area contributed by atoms with Gasteiger partial charge in [0.2, 0.25) is 16.5 Å². The van der Waals surface area contributed by atoms with Crippen LogP contribution < -0.4 is 5.32 Å². The lowest BCUT2D eigenvalue weighted by atomic mass is 10.4. The molecule has 0 aromatic carbocycles. The number of nitrogens with one attached hydrogen (secondary N) is 1. The molecule has 3 rings (SSSR count). The van der Waals surface area contributed by atoms with Gasteiger partial charge in [0.15, 0.2) is 12.2 Å². The maximum atomic E-state index is 5.77. The van der Waals surface area contributed by atoms with E-state index in [1.165, 1.54) is 6.39 Å². The normalized spacial score (nSPS) is 10.9. The second-order valence-electron chi connectivity index (χ2n) is 3.28. The third-order valence-corrected chi connectivity index (χ3v) is 2.35. The van der Waals surface area contributed by atoms with E-state index >= 15 is 0 Å². The molecule has 0 fully saturated rings. The molecule has 0 atom stereocenters. The number of hydrogen-bond donors (Lipinski definition) is 1.